The molecular weight excluding hydrogens is 350 g/mol. The van der Waals surface area contributed by atoms with Crippen LogP contribution in [0.25, 0.3) is 32.4 Å². The fourth-order valence-electron chi connectivity index (χ4n) is 3.55. The minimum atomic E-state index is 0.702. The standard InChI is InChI=1S/C20H14ClN3S/c1-11-17(15-10-12-6-2-3-7-13(12)18(15)22-11)20-24-23-19(25-20)14-8-4-5-9-16(14)21/h2-9,22H,10H2,1H3. The average Bonchev–Trinajstić information content (AvgIpc) is 3.29. The van der Waals surface area contributed by atoms with Crippen molar-refractivity contribution in [1.29, 1.82) is 0 Å². The van der Waals surface area contributed by atoms with Crippen molar-refractivity contribution in [3.8, 4) is 32.4 Å². The molecule has 0 saturated heterocycles. The van der Waals surface area contributed by atoms with Crippen molar-refractivity contribution in [2.45, 2.75) is 13.3 Å². The summed E-state index contributed by atoms with van der Waals surface area (Å²) in [6, 6.07) is 16.3. The van der Waals surface area contributed by atoms with Crippen molar-refractivity contribution < 1.29 is 0 Å². The third-order valence-electron chi connectivity index (χ3n) is 4.69. The Morgan fingerprint density at radius 3 is 2.52 bits per heavy atom. The molecule has 5 heteroatoms. The highest BCUT2D eigenvalue weighted by atomic mass is 35.5. The summed E-state index contributed by atoms with van der Waals surface area (Å²) in [5.74, 6) is 0. The SMILES string of the molecule is Cc1[nH]c2c(c1-c1nnc(-c3ccccc3Cl)s1)Cc1ccccc1-2. The maximum atomic E-state index is 6.31. The zero-order valence-electron chi connectivity index (χ0n) is 13.5. The molecule has 0 saturated carbocycles. The van der Waals surface area contributed by atoms with Crippen molar-refractivity contribution in [3.05, 3.63) is 70.4 Å². The third-order valence-corrected chi connectivity index (χ3v) is 5.99. The van der Waals surface area contributed by atoms with Crippen LogP contribution in [0.3, 0.4) is 0 Å². The molecule has 3 nitrogen and oxygen atoms in total. The van der Waals surface area contributed by atoms with Crippen LogP contribution in [-0.4, -0.2) is 15.2 Å². The zero-order chi connectivity index (χ0) is 17.0. The number of fused-ring (bicyclic) bond motifs is 3. The summed E-state index contributed by atoms with van der Waals surface area (Å²) in [5, 5.41) is 11.4. The smallest absolute Gasteiger partial charge is 0.150 e. The highest BCUT2D eigenvalue weighted by Gasteiger charge is 2.27. The normalized spacial score (nSPS) is 12.2. The first-order valence-electron chi connectivity index (χ1n) is 8.11. The van der Waals surface area contributed by atoms with Crippen LogP contribution in [0.5, 0.6) is 0 Å². The Bertz CT molecular complexity index is 1110. The monoisotopic (exact) mass is 363 g/mol. The van der Waals surface area contributed by atoms with E-state index in [9.17, 15) is 0 Å². The van der Waals surface area contributed by atoms with E-state index < -0.39 is 0 Å². The Kier molecular flexibility index (Phi) is 3.30. The lowest BCUT2D eigenvalue weighted by molar-refractivity contribution is 1.09. The number of aromatic amines is 1. The number of rotatable bonds is 2. The topological polar surface area (TPSA) is 41.6 Å². The molecule has 0 amide bonds. The first kappa shape index (κ1) is 14.9. The lowest BCUT2D eigenvalue weighted by atomic mass is 10.1. The van der Waals surface area contributed by atoms with Gasteiger partial charge in [-0.05, 0) is 24.1 Å². The van der Waals surface area contributed by atoms with Gasteiger partial charge in [0.15, 0.2) is 0 Å². The van der Waals surface area contributed by atoms with Gasteiger partial charge < -0.3 is 4.98 Å². The average molecular weight is 364 g/mol. The first-order valence-corrected chi connectivity index (χ1v) is 9.30. The lowest BCUT2D eigenvalue weighted by Gasteiger charge is -2.00. The molecule has 0 aliphatic heterocycles. The van der Waals surface area contributed by atoms with E-state index in [0.29, 0.717) is 5.02 Å². The summed E-state index contributed by atoms with van der Waals surface area (Å²) in [4.78, 5) is 3.55. The molecule has 2 aromatic heterocycles. The number of H-pyrrole nitrogens is 1. The van der Waals surface area contributed by atoms with Crippen LogP contribution in [0.1, 0.15) is 16.8 Å². The van der Waals surface area contributed by atoms with Gasteiger partial charge in [-0.1, -0.05) is 65.4 Å². The molecule has 25 heavy (non-hydrogen) atoms. The van der Waals surface area contributed by atoms with Crippen LogP contribution in [-0.2, 0) is 6.42 Å². The summed E-state index contributed by atoms with van der Waals surface area (Å²) >= 11 is 7.90. The summed E-state index contributed by atoms with van der Waals surface area (Å²) in [6.45, 7) is 2.10. The fraction of sp³-hybridized carbons (Fsp3) is 0.100. The van der Waals surface area contributed by atoms with Crippen LogP contribution >= 0.6 is 22.9 Å². The van der Waals surface area contributed by atoms with Gasteiger partial charge in [0.2, 0.25) is 0 Å². The van der Waals surface area contributed by atoms with Crippen LogP contribution in [0.15, 0.2) is 48.5 Å². The Labute approximate surface area is 154 Å². The van der Waals surface area contributed by atoms with Crippen molar-refractivity contribution in [3.63, 3.8) is 0 Å². The molecule has 0 spiro atoms. The maximum Gasteiger partial charge on any atom is 0.150 e. The second kappa shape index (κ2) is 5.55. The van der Waals surface area contributed by atoms with E-state index in [2.05, 4.69) is 46.4 Å². The molecule has 0 unspecified atom stereocenters. The number of nitrogens with one attached hydrogen (secondary N) is 1. The van der Waals surface area contributed by atoms with Crippen LogP contribution < -0.4 is 0 Å². The molecule has 122 valence electrons. The zero-order valence-corrected chi connectivity index (χ0v) is 15.1. The highest BCUT2D eigenvalue weighted by Crippen LogP contribution is 2.44. The van der Waals surface area contributed by atoms with Gasteiger partial charge in [-0.3, -0.25) is 0 Å². The lowest BCUT2D eigenvalue weighted by Crippen LogP contribution is -1.86. The summed E-state index contributed by atoms with van der Waals surface area (Å²) in [6.07, 6.45) is 0.937. The molecule has 1 aliphatic rings. The van der Waals surface area contributed by atoms with Crippen molar-refractivity contribution in [2.24, 2.45) is 0 Å². The molecule has 0 bridgehead atoms. The predicted molar refractivity (Wildman–Crippen MR) is 103 cm³/mol. The second-order valence-electron chi connectivity index (χ2n) is 6.20. The Morgan fingerprint density at radius 1 is 0.960 bits per heavy atom. The van der Waals surface area contributed by atoms with E-state index in [1.54, 1.807) is 11.3 Å². The molecule has 1 N–H and O–H groups in total. The van der Waals surface area contributed by atoms with E-state index in [1.807, 2.05) is 24.3 Å². The quantitative estimate of drug-likeness (QED) is 0.435. The number of aryl methyl sites for hydroxylation is 1. The number of hydrogen-bond donors (Lipinski definition) is 1. The van der Waals surface area contributed by atoms with E-state index >= 15 is 0 Å². The predicted octanol–water partition coefficient (Wildman–Crippen LogP) is 5.73. The molecule has 2 heterocycles. The number of benzene rings is 2. The summed E-state index contributed by atoms with van der Waals surface area (Å²) < 4.78 is 0. The fourth-order valence-corrected chi connectivity index (χ4v) is 4.84. The minimum Gasteiger partial charge on any atom is -0.358 e. The first-order chi connectivity index (χ1) is 12.2. The van der Waals surface area contributed by atoms with Crippen molar-refractivity contribution in [2.75, 3.05) is 0 Å². The van der Waals surface area contributed by atoms with Crippen LogP contribution in [0.4, 0.5) is 0 Å². The van der Waals surface area contributed by atoms with Gasteiger partial charge in [0, 0.05) is 28.8 Å². The van der Waals surface area contributed by atoms with Gasteiger partial charge >= 0.3 is 0 Å². The molecule has 0 atom stereocenters. The molecule has 0 radical (unpaired) electrons. The van der Waals surface area contributed by atoms with Gasteiger partial charge in [-0.2, -0.15) is 0 Å². The second-order valence-corrected chi connectivity index (χ2v) is 7.59. The van der Waals surface area contributed by atoms with Crippen LogP contribution in [0, 0.1) is 6.92 Å². The van der Waals surface area contributed by atoms with Crippen molar-refractivity contribution >= 4 is 22.9 Å². The Hall–Kier alpha value is -2.43. The molecule has 0 fully saturated rings. The minimum absolute atomic E-state index is 0.702. The summed E-state index contributed by atoms with van der Waals surface area (Å²) in [5.41, 5.74) is 8.45. The third kappa shape index (κ3) is 2.25. The molecule has 1 aliphatic carbocycles. The maximum absolute atomic E-state index is 6.31. The molecule has 4 aromatic rings. The Morgan fingerprint density at radius 2 is 1.68 bits per heavy atom. The molecule has 5 rings (SSSR count). The van der Waals surface area contributed by atoms with Gasteiger partial charge in [-0.15, -0.1) is 10.2 Å². The van der Waals surface area contributed by atoms with Gasteiger partial charge in [0.1, 0.15) is 10.0 Å². The molecular formula is C20H14ClN3S. The van der Waals surface area contributed by atoms with E-state index in [-0.39, 0.29) is 0 Å². The van der Waals surface area contributed by atoms with Crippen LogP contribution in [0.2, 0.25) is 5.02 Å². The Balaban J connectivity index is 1.63. The van der Waals surface area contributed by atoms with E-state index in [0.717, 1.165) is 27.7 Å². The molecule has 2 aromatic carbocycles. The van der Waals surface area contributed by atoms with Crippen molar-refractivity contribution in [1.82, 2.24) is 15.2 Å². The highest BCUT2D eigenvalue weighted by molar-refractivity contribution is 7.18. The largest absolute Gasteiger partial charge is 0.358 e. The van der Waals surface area contributed by atoms with E-state index in [4.69, 9.17) is 11.6 Å². The van der Waals surface area contributed by atoms with E-state index in [1.165, 1.54) is 27.9 Å². The van der Waals surface area contributed by atoms with Gasteiger partial charge in [0.25, 0.3) is 0 Å². The number of aromatic nitrogens is 3. The number of halogens is 1. The van der Waals surface area contributed by atoms with Gasteiger partial charge in [0.05, 0.1) is 10.7 Å². The summed E-state index contributed by atoms with van der Waals surface area (Å²) in [7, 11) is 0. The number of hydrogen-bond acceptors (Lipinski definition) is 3. The number of nitrogens with zero attached hydrogens (tertiary/aromatic N) is 2. The van der Waals surface area contributed by atoms with Gasteiger partial charge in [-0.25, -0.2) is 0 Å².